The highest BCUT2D eigenvalue weighted by Crippen LogP contribution is 2.37. The number of halogens is 2. The van der Waals surface area contributed by atoms with Crippen molar-refractivity contribution in [1.82, 2.24) is 48.5 Å². The lowest BCUT2D eigenvalue weighted by atomic mass is 9.94. The number of anilines is 2. The minimum atomic E-state index is -3.88. The van der Waals surface area contributed by atoms with Crippen LogP contribution in [-0.2, 0) is 32.5 Å². The van der Waals surface area contributed by atoms with Crippen molar-refractivity contribution < 1.29 is 27.6 Å². The molecular formula is C69H74Cl2N12O6S. The summed E-state index contributed by atoms with van der Waals surface area (Å²) in [5.41, 5.74) is 6.68. The molecule has 5 aromatic carbocycles. The van der Waals surface area contributed by atoms with Gasteiger partial charge in [0.2, 0.25) is 11.8 Å². The minimum Gasteiger partial charge on any atom is -0.360 e. The molecule has 2 saturated heterocycles. The van der Waals surface area contributed by atoms with Crippen molar-refractivity contribution in [3.8, 4) is 22.5 Å². The van der Waals surface area contributed by atoms with Crippen molar-refractivity contribution in [2.75, 3.05) is 78.1 Å². The quantitative estimate of drug-likeness (QED) is 0.0685. The fourth-order valence-electron chi connectivity index (χ4n) is 11.1. The number of hydrogen-bond acceptors (Lipinski definition) is 12. The van der Waals surface area contributed by atoms with Crippen LogP contribution >= 0.6 is 23.2 Å². The Bertz CT molecular complexity index is 4170. The molecular weight excluding hydrogens is 1200 g/mol. The average Bonchev–Trinajstić information content (AvgIpc) is 1.68. The van der Waals surface area contributed by atoms with Crippen LogP contribution in [0.15, 0.2) is 181 Å². The Labute approximate surface area is 535 Å². The first-order chi connectivity index (χ1) is 43.0. The number of piperidine rings is 2. The average molecular weight is 1270 g/mol. The smallest absolute Gasteiger partial charge is 0.268 e. The van der Waals surface area contributed by atoms with E-state index in [0.29, 0.717) is 118 Å². The van der Waals surface area contributed by atoms with E-state index in [2.05, 4.69) is 25.6 Å². The third kappa shape index (κ3) is 16.3. The van der Waals surface area contributed by atoms with E-state index in [1.807, 2.05) is 90.4 Å². The maximum absolute atomic E-state index is 13.7. The lowest BCUT2D eigenvalue weighted by molar-refractivity contribution is -0.112. The van der Waals surface area contributed by atoms with Crippen LogP contribution in [0.3, 0.4) is 0 Å². The van der Waals surface area contributed by atoms with Gasteiger partial charge in [-0.2, -0.15) is 0 Å². The maximum atomic E-state index is 13.7. The highest BCUT2D eigenvalue weighted by atomic mass is 35.5. The number of aromatic nitrogens is 6. The molecule has 6 heterocycles. The number of nitrogens with one attached hydrogen (secondary N) is 3. The van der Waals surface area contributed by atoms with Gasteiger partial charge in [-0.05, 0) is 139 Å². The number of likely N-dealkylation sites (tertiary alicyclic amines) is 2. The minimum absolute atomic E-state index is 0. The van der Waals surface area contributed by atoms with E-state index in [1.165, 1.54) is 16.1 Å². The van der Waals surface area contributed by atoms with Crippen molar-refractivity contribution in [3.63, 3.8) is 0 Å². The van der Waals surface area contributed by atoms with Crippen LogP contribution in [-0.4, -0.2) is 148 Å². The third-order valence-electron chi connectivity index (χ3n) is 15.5. The van der Waals surface area contributed by atoms with Gasteiger partial charge in [-0.1, -0.05) is 97.4 Å². The number of nitrogens with zero attached hydrogens (tertiary/aromatic N) is 9. The summed E-state index contributed by atoms with van der Waals surface area (Å²) in [5, 5.41) is 8.24. The number of rotatable bonds is 18. The van der Waals surface area contributed by atoms with Gasteiger partial charge in [-0.25, -0.2) is 32.3 Å². The molecule has 2 aliphatic rings. The highest BCUT2D eigenvalue weighted by Gasteiger charge is 2.29. The van der Waals surface area contributed by atoms with Gasteiger partial charge >= 0.3 is 0 Å². The first-order valence-electron chi connectivity index (χ1n) is 29.5. The summed E-state index contributed by atoms with van der Waals surface area (Å²) < 4.78 is 28.6. The SMILES string of the molecule is C.CN(C)C/C=C/C(=O)Nc1ccc(C(=O)N2CCC[C@@H](Cc3ncc(Cl)c(-c4c[nH]c5ccccc45)n3)C2)cc1.CN(C)C/C=C/C(=O)Nc1ccc(C(=O)N2CCC[C@@H](Cc3ncc(Cl)c(-c4cn(S(=O)(=O)c5ccccc5)c5ccccc45)n3)C2)cc1. The number of benzene rings is 5. The van der Waals surface area contributed by atoms with Gasteiger partial charge in [0.25, 0.3) is 21.8 Å². The molecule has 90 heavy (non-hydrogen) atoms. The Morgan fingerprint density at radius 2 is 1.08 bits per heavy atom. The van der Waals surface area contributed by atoms with Crippen molar-refractivity contribution in [2.24, 2.45) is 11.8 Å². The summed E-state index contributed by atoms with van der Waals surface area (Å²) in [4.78, 5) is 80.9. The summed E-state index contributed by atoms with van der Waals surface area (Å²) in [7, 11) is 3.86. The molecule has 0 bridgehead atoms. The number of fused-ring (bicyclic) bond motifs is 2. The lowest BCUT2D eigenvalue weighted by Crippen LogP contribution is -2.40. The van der Waals surface area contributed by atoms with E-state index in [1.54, 1.807) is 122 Å². The predicted octanol–water partition coefficient (Wildman–Crippen LogP) is 12.2. The molecule has 4 amide bonds. The standard InChI is InChI=1S/C37H37ClN6O4S.C31H33ClN6O2.CH4/c1-42(2)20-9-15-35(45)40-28-18-16-27(17-19-28)37(46)43-21-8-10-26(24-43)22-34-39-23-32(38)36(41-34)31-25-44(33-14-7-6-13-30(31)33)49(47,48)29-11-4-3-5-12-29;1-37(2)15-6-10-29(39)35-23-13-11-22(12-14-23)31(40)38-16-5-7-21(20-38)17-28-34-19-26(32)30(36-28)25-18-33-27-9-4-3-8-24(25)27;/h3-7,9,11-19,23,25-26H,8,10,20-22,24H2,1-2H3,(H,40,45);3-4,6,8-14,18-19,21,33H,5,7,15-17,20H2,1-2H3,(H,35,39);1H4/b15-9+;10-6+;/t26-;21-;/m00./s1. The molecule has 11 rings (SSSR count). The van der Waals surface area contributed by atoms with E-state index in [4.69, 9.17) is 33.2 Å². The second-order valence-electron chi connectivity index (χ2n) is 22.8. The van der Waals surface area contributed by atoms with Crippen LogP contribution in [0.5, 0.6) is 0 Å². The molecule has 0 spiro atoms. The van der Waals surface area contributed by atoms with Gasteiger partial charge in [0.1, 0.15) is 11.6 Å². The van der Waals surface area contributed by atoms with Gasteiger partial charge < -0.3 is 35.2 Å². The van der Waals surface area contributed by atoms with Crippen LogP contribution in [0, 0.1) is 11.8 Å². The van der Waals surface area contributed by atoms with E-state index >= 15 is 0 Å². The third-order valence-corrected chi connectivity index (χ3v) is 17.7. The molecule has 0 unspecified atom stereocenters. The highest BCUT2D eigenvalue weighted by molar-refractivity contribution is 7.90. The zero-order valence-electron chi connectivity index (χ0n) is 50.0. The van der Waals surface area contributed by atoms with Crippen LogP contribution in [0.4, 0.5) is 11.4 Å². The first kappa shape index (κ1) is 65.6. The number of para-hydroxylation sites is 2. The summed E-state index contributed by atoms with van der Waals surface area (Å²) >= 11 is 13.2. The Morgan fingerprint density at radius 1 is 0.611 bits per heavy atom. The van der Waals surface area contributed by atoms with Gasteiger partial charge in [-0.3, -0.25) is 19.2 Å². The van der Waals surface area contributed by atoms with Crippen molar-refractivity contribution in [1.29, 1.82) is 0 Å². The molecule has 18 nitrogen and oxygen atoms in total. The van der Waals surface area contributed by atoms with Gasteiger partial charge in [0, 0.05) is 139 Å². The Balaban J connectivity index is 0.000000215. The normalized spacial score (nSPS) is 15.3. The number of H-pyrrole nitrogens is 1. The van der Waals surface area contributed by atoms with E-state index in [-0.39, 0.29) is 47.8 Å². The Hall–Kier alpha value is -8.85. The van der Waals surface area contributed by atoms with Crippen LogP contribution < -0.4 is 10.6 Å². The van der Waals surface area contributed by atoms with E-state index in [9.17, 15) is 27.6 Å². The molecule has 2 aliphatic heterocycles. The molecule has 9 aromatic rings. The number of carbonyl (C=O) groups is 4. The Morgan fingerprint density at radius 3 is 1.59 bits per heavy atom. The molecule has 4 aromatic heterocycles. The summed E-state index contributed by atoms with van der Waals surface area (Å²) in [6.07, 6.45) is 18.2. The maximum Gasteiger partial charge on any atom is 0.268 e. The molecule has 466 valence electrons. The molecule has 0 saturated carbocycles. The molecule has 0 aliphatic carbocycles. The van der Waals surface area contributed by atoms with Crippen LogP contribution in [0.1, 0.15) is 65.5 Å². The van der Waals surface area contributed by atoms with Gasteiger partial charge in [0.05, 0.1) is 31.8 Å². The fraction of sp³-hybridized carbons (Fsp3) is 0.275. The Kier molecular flexibility index (Phi) is 21.9. The van der Waals surface area contributed by atoms with Crippen LogP contribution in [0.2, 0.25) is 10.0 Å². The summed E-state index contributed by atoms with van der Waals surface area (Å²) in [5.74, 6) is 1.17. The van der Waals surface area contributed by atoms with Crippen molar-refractivity contribution in [3.05, 3.63) is 209 Å². The molecule has 2 fully saturated rings. The zero-order chi connectivity index (χ0) is 62.6. The summed E-state index contributed by atoms with van der Waals surface area (Å²) in [6, 6.07) is 37.6. The number of carbonyl (C=O) groups excluding carboxylic acids is 4. The van der Waals surface area contributed by atoms with E-state index in [0.717, 1.165) is 48.0 Å². The molecule has 2 atom stereocenters. The second-order valence-corrected chi connectivity index (χ2v) is 25.4. The molecule has 0 radical (unpaired) electrons. The largest absolute Gasteiger partial charge is 0.360 e. The fourth-order valence-corrected chi connectivity index (χ4v) is 12.9. The van der Waals surface area contributed by atoms with Crippen molar-refractivity contribution >= 4 is 90.0 Å². The second kappa shape index (κ2) is 30.1. The molecule has 3 N–H and O–H groups in total. The number of aromatic amines is 1. The van der Waals surface area contributed by atoms with Crippen LogP contribution in [0.25, 0.3) is 44.3 Å². The van der Waals surface area contributed by atoms with Gasteiger partial charge in [0.15, 0.2) is 0 Å². The topological polar surface area (TPSA) is 212 Å². The monoisotopic (exact) mass is 1270 g/mol. The number of likely N-dealkylation sites (N-methyl/N-ethyl adjacent to an activating group) is 2. The first-order valence-corrected chi connectivity index (χ1v) is 31.7. The number of amides is 4. The zero-order valence-corrected chi connectivity index (χ0v) is 52.4. The number of hydrogen-bond donors (Lipinski definition) is 3. The summed E-state index contributed by atoms with van der Waals surface area (Å²) in [6.45, 7) is 3.90. The predicted molar refractivity (Wildman–Crippen MR) is 358 cm³/mol. The van der Waals surface area contributed by atoms with E-state index < -0.39 is 10.0 Å². The van der Waals surface area contributed by atoms with Gasteiger partial charge in [-0.15, -0.1) is 0 Å². The molecule has 21 heteroatoms. The van der Waals surface area contributed by atoms with Crippen molar-refractivity contribution in [2.45, 2.75) is 50.8 Å². The lowest BCUT2D eigenvalue weighted by Gasteiger charge is -2.32.